The Morgan fingerprint density at radius 2 is 2.16 bits per heavy atom. The monoisotopic (exact) mass is 283 g/mol. The van der Waals surface area contributed by atoms with E-state index in [-0.39, 0.29) is 0 Å². The van der Waals surface area contributed by atoms with Crippen molar-refractivity contribution in [2.75, 3.05) is 0 Å². The van der Waals surface area contributed by atoms with Crippen molar-refractivity contribution >= 4 is 11.6 Å². The molecule has 1 aliphatic rings. The van der Waals surface area contributed by atoms with Gasteiger partial charge in [-0.05, 0) is 32.1 Å². The number of aryl methyl sites for hydroxylation is 1. The van der Waals surface area contributed by atoms with Gasteiger partial charge in [0.15, 0.2) is 5.15 Å². The number of hydrogen-bond donors (Lipinski definition) is 2. The standard InChI is InChI=1S/C15H26ClN3/c1-3-4-9-14-18-13(15(16)19-14)10-17-11(2)12-7-5-6-8-12/h11-12,17H,3-10H2,1-2H3,(H,18,19)/t11-/m0/s1. The summed E-state index contributed by atoms with van der Waals surface area (Å²) in [4.78, 5) is 7.75. The quantitative estimate of drug-likeness (QED) is 0.792. The van der Waals surface area contributed by atoms with Crippen molar-refractivity contribution in [3.8, 4) is 0 Å². The van der Waals surface area contributed by atoms with Crippen molar-refractivity contribution in [1.29, 1.82) is 0 Å². The molecule has 0 unspecified atom stereocenters. The smallest absolute Gasteiger partial charge is 0.151 e. The van der Waals surface area contributed by atoms with Crippen molar-refractivity contribution in [2.45, 2.75) is 71.4 Å². The lowest BCUT2D eigenvalue weighted by Crippen LogP contribution is -2.31. The maximum Gasteiger partial charge on any atom is 0.151 e. The third-order valence-electron chi connectivity index (χ3n) is 4.25. The van der Waals surface area contributed by atoms with Gasteiger partial charge in [0, 0.05) is 19.0 Å². The second-order valence-corrected chi connectivity index (χ2v) is 6.13. The van der Waals surface area contributed by atoms with E-state index in [1.807, 2.05) is 0 Å². The van der Waals surface area contributed by atoms with Crippen LogP contribution in [-0.4, -0.2) is 16.0 Å². The van der Waals surface area contributed by atoms with Crippen LogP contribution in [0.25, 0.3) is 0 Å². The number of aromatic amines is 1. The van der Waals surface area contributed by atoms with E-state index in [4.69, 9.17) is 11.6 Å². The molecule has 1 saturated carbocycles. The van der Waals surface area contributed by atoms with Crippen LogP contribution in [0.15, 0.2) is 0 Å². The summed E-state index contributed by atoms with van der Waals surface area (Å²) in [5, 5.41) is 4.23. The normalized spacial score (nSPS) is 18.1. The van der Waals surface area contributed by atoms with Gasteiger partial charge in [-0.25, -0.2) is 4.98 Å². The lowest BCUT2D eigenvalue weighted by Gasteiger charge is -2.19. The van der Waals surface area contributed by atoms with E-state index in [9.17, 15) is 0 Å². The first kappa shape index (κ1) is 14.9. The Bertz CT molecular complexity index is 383. The van der Waals surface area contributed by atoms with Gasteiger partial charge >= 0.3 is 0 Å². The van der Waals surface area contributed by atoms with E-state index in [1.165, 1.54) is 32.1 Å². The van der Waals surface area contributed by atoms with E-state index >= 15 is 0 Å². The number of aromatic nitrogens is 2. The van der Waals surface area contributed by atoms with E-state index < -0.39 is 0 Å². The summed E-state index contributed by atoms with van der Waals surface area (Å²) in [6.07, 6.45) is 8.86. The van der Waals surface area contributed by atoms with Gasteiger partial charge < -0.3 is 10.3 Å². The maximum atomic E-state index is 6.18. The highest BCUT2D eigenvalue weighted by atomic mass is 35.5. The molecular formula is C15H26ClN3. The second-order valence-electron chi connectivity index (χ2n) is 5.77. The molecule has 3 nitrogen and oxygen atoms in total. The van der Waals surface area contributed by atoms with Crippen LogP contribution in [0.3, 0.4) is 0 Å². The predicted molar refractivity (Wildman–Crippen MR) is 80.5 cm³/mol. The number of H-pyrrole nitrogens is 1. The first-order valence-electron chi connectivity index (χ1n) is 7.67. The van der Waals surface area contributed by atoms with Crippen LogP contribution in [0.2, 0.25) is 5.15 Å². The zero-order chi connectivity index (χ0) is 13.7. The van der Waals surface area contributed by atoms with Crippen molar-refractivity contribution in [3.63, 3.8) is 0 Å². The fourth-order valence-electron chi connectivity index (χ4n) is 2.91. The molecule has 4 heteroatoms. The Morgan fingerprint density at radius 1 is 1.42 bits per heavy atom. The van der Waals surface area contributed by atoms with Crippen LogP contribution in [0.1, 0.15) is 63.9 Å². The second kappa shape index (κ2) is 7.30. The van der Waals surface area contributed by atoms with Gasteiger partial charge in [0.05, 0.1) is 5.69 Å². The largest absolute Gasteiger partial charge is 0.344 e. The van der Waals surface area contributed by atoms with Crippen LogP contribution in [0.5, 0.6) is 0 Å². The summed E-state index contributed by atoms with van der Waals surface area (Å²) in [5.41, 5.74) is 1.04. The van der Waals surface area contributed by atoms with Crippen LogP contribution >= 0.6 is 11.6 Å². The number of rotatable bonds is 7. The molecule has 1 heterocycles. The summed E-state index contributed by atoms with van der Waals surface area (Å²) in [7, 11) is 0. The van der Waals surface area contributed by atoms with Gasteiger partial charge in [-0.2, -0.15) is 0 Å². The number of nitrogens with one attached hydrogen (secondary N) is 2. The molecular weight excluding hydrogens is 258 g/mol. The lowest BCUT2D eigenvalue weighted by atomic mass is 10.00. The molecule has 1 atom stereocenters. The van der Waals surface area contributed by atoms with Gasteiger partial charge in [-0.1, -0.05) is 37.8 Å². The average Bonchev–Trinajstić information content (AvgIpc) is 3.03. The highest BCUT2D eigenvalue weighted by Gasteiger charge is 2.21. The third kappa shape index (κ3) is 4.22. The number of nitrogens with zero attached hydrogens (tertiary/aromatic N) is 1. The highest BCUT2D eigenvalue weighted by molar-refractivity contribution is 6.30. The number of hydrogen-bond acceptors (Lipinski definition) is 2. The van der Waals surface area contributed by atoms with Gasteiger partial charge in [-0.15, -0.1) is 0 Å². The van der Waals surface area contributed by atoms with E-state index in [2.05, 4.69) is 29.1 Å². The van der Waals surface area contributed by atoms with Gasteiger partial charge in [-0.3, -0.25) is 0 Å². The maximum absolute atomic E-state index is 6.18. The molecule has 0 amide bonds. The van der Waals surface area contributed by atoms with Crippen LogP contribution in [0, 0.1) is 5.92 Å². The molecule has 0 saturated heterocycles. The Labute approximate surface area is 121 Å². The van der Waals surface area contributed by atoms with Crippen molar-refractivity contribution < 1.29 is 0 Å². The first-order valence-corrected chi connectivity index (χ1v) is 8.05. The van der Waals surface area contributed by atoms with Gasteiger partial charge in [0.2, 0.25) is 0 Å². The number of unbranched alkanes of at least 4 members (excludes halogenated alkanes) is 1. The Balaban J connectivity index is 1.82. The topological polar surface area (TPSA) is 40.7 Å². The molecule has 0 spiro atoms. The number of imidazole rings is 1. The van der Waals surface area contributed by atoms with E-state index in [0.29, 0.717) is 11.2 Å². The Hall–Kier alpha value is -0.540. The molecule has 1 aromatic heterocycles. The van der Waals surface area contributed by atoms with Crippen LogP contribution < -0.4 is 5.32 Å². The molecule has 19 heavy (non-hydrogen) atoms. The molecule has 0 aromatic carbocycles. The first-order chi connectivity index (χ1) is 9.20. The summed E-state index contributed by atoms with van der Waals surface area (Å²) in [5.74, 6) is 1.86. The lowest BCUT2D eigenvalue weighted by molar-refractivity contribution is 0.379. The molecule has 2 N–H and O–H groups in total. The average molecular weight is 284 g/mol. The van der Waals surface area contributed by atoms with E-state index in [0.717, 1.165) is 36.8 Å². The van der Waals surface area contributed by atoms with E-state index in [1.54, 1.807) is 0 Å². The summed E-state index contributed by atoms with van der Waals surface area (Å²) in [6.45, 7) is 5.28. The molecule has 1 aliphatic carbocycles. The van der Waals surface area contributed by atoms with Crippen molar-refractivity contribution in [1.82, 2.24) is 15.3 Å². The van der Waals surface area contributed by atoms with Crippen LogP contribution in [-0.2, 0) is 13.0 Å². The van der Waals surface area contributed by atoms with Gasteiger partial charge in [0.25, 0.3) is 0 Å². The fraction of sp³-hybridized carbons (Fsp3) is 0.800. The SMILES string of the molecule is CCCCc1nc(Cl)c(CN[C@@H](C)C2CCCC2)[nH]1. The Morgan fingerprint density at radius 3 is 2.84 bits per heavy atom. The summed E-state index contributed by atoms with van der Waals surface area (Å²) in [6, 6.07) is 0.570. The van der Waals surface area contributed by atoms with Crippen molar-refractivity contribution in [3.05, 3.63) is 16.7 Å². The predicted octanol–water partition coefficient (Wildman–Crippen LogP) is 4.07. The number of halogens is 1. The molecule has 1 fully saturated rings. The zero-order valence-corrected chi connectivity index (χ0v) is 12.9. The molecule has 0 aliphatic heterocycles. The Kier molecular flexibility index (Phi) is 5.71. The molecule has 0 bridgehead atoms. The summed E-state index contributed by atoms with van der Waals surface area (Å²) < 4.78 is 0. The minimum absolute atomic E-state index is 0.570. The molecule has 1 aromatic rings. The molecule has 108 valence electrons. The zero-order valence-electron chi connectivity index (χ0n) is 12.1. The minimum atomic E-state index is 0.570. The van der Waals surface area contributed by atoms with Crippen LogP contribution in [0.4, 0.5) is 0 Å². The summed E-state index contributed by atoms with van der Waals surface area (Å²) >= 11 is 6.18. The third-order valence-corrected chi connectivity index (χ3v) is 4.56. The highest BCUT2D eigenvalue weighted by Crippen LogP contribution is 2.27. The van der Waals surface area contributed by atoms with Gasteiger partial charge in [0.1, 0.15) is 5.82 Å². The van der Waals surface area contributed by atoms with Crippen molar-refractivity contribution in [2.24, 2.45) is 5.92 Å². The fourth-order valence-corrected chi connectivity index (χ4v) is 3.12. The minimum Gasteiger partial charge on any atom is -0.344 e. The molecule has 2 rings (SSSR count). The molecule has 0 radical (unpaired) electrons.